The molecule has 0 atom stereocenters. The van der Waals surface area contributed by atoms with E-state index in [0.717, 1.165) is 22.2 Å². The van der Waals surface area contributed by atoms with E-state index in [-0.39, 0.29) is 11.7 Å². The Labute approximate surface area is 166 Å². The smallest absolute Gasteiger partial charge is 0.269 e. The molecular weight excluding hydrogens is 370 g/mol. The van der Waals surface area contributed by atoms with Crippen molar-refractivity contribution < 1.29 is 9.34 Å². The van der Waals surface area contributed by atoms with Crippen molar-refractivity contribution >= 4 is 22.6 Å². The SMILES string of the molecule is CC(C)NC(=N)c1ccc2nc(-c3ccc(-c4ccc([N+](=O)[O-])cc4)o3)[nH]c2c1. The predicted octanol–water partition coefficient (Wildman–Crippen LogP) is 4.72. The van der Waals surface area contributed by atoms with Gasteiger partial charge in [-0.3, -0.25) is 15.5 Å². The second-order valence-electron chi connectivity index (χ2n) is 6.96. The van der Waals surface area contributed by atoms with Gasteiger partial charge in [0.25, 0.3) is 5.69 Å². The number of hydrogen-bond acceptors (Lipinski definition) is 5. The van der Waals surface area contributed by atoms with Crippen molar-refractivity contribution in [2.75, 3.05) is 0 Å². The van der Waals surface area contributed by atoms with Gasteiger partial charge in [0.2, 0.25) is 0 Å². The van der Waals surface area contributed by atoms with Crippen molar-refractivity contribution in [2.24, 2.45) is 0 Å². The van der Waals surface area contributed by atoms with Gasteiger partial charge in [-0.25, -0.2) is 4.98 Å². The molecule has 0 aliphatic carbocycles. The van der Waals surface area contributed by atoms with Gasteiger partial charge in [0.15, 0.2) is 11.6 Å². The second kappa shape index (κ2) is 7.23. The van der Waals surface area contributed by atoms with Crippen molar-refractivity contribution in [1.82, 2.24) is 15.3 Å². The summed E-state index contributed by atoms with van der Waals surface area (Å²) in [5.74, 6) is 2.09. The van der Waals surface area contributed by atoms with Gasteiger partial charge in [0.05, 0.1) is 16.0 Å². The van der Waals surface area contributed by atoms with Gasteiger partial charge in [-0.05, 0) is 56.3 Å². The first-order valence-electron chi connectivity index (χ1n) is 9.11. The van der Waals surface area contributed by atoms with E-state index in [2.05, 4.69) is 15.3 Å². The van der Waals surface area contributed by atoms with Gasteiger partial charge in [-0.15, -0.1) is 0 Å². The zero-order chi connectivity index (χ0) is 20.5. The molecule has 0 spiro atoms. The fourth-order valence-electron chi connectivity index (χ4n) is 3.02. The number of rotatable bonds is 5. The highest BCUT2D eigenvalue weighted by molar-refractivity contribution is 5.99. The largest absolute Gasteiger partial charge is 0.453 e. The third kappa shape index (κ3) is 3.73. The number of non-ortho nitro benzene ring substituents is 1. The standard InChI is InChI=1S/C21H19N5O3/c1-12(2)23-20(22)14-5-8-16-17(11-14)25-21(24-16)19-10-9-18(29-19)13-3-6-15(7-4-13)26(27)28/h3-12H,1-2H3,(H2,22,23)(H,24,25). The first-order chi connectivity index (χ1) is 13.9. The van der Waals surface area contributed by atoms with E-state index >= 15 is 0 Å². The van der Waals surface area contributed by atoms with E-state index in [1.54, 1.807) is 24.3 Å². The van der Waals surface area contributed by atoms with Crippen LogP contribution in [-0.2, 0) is 0 Å². The Morgan fingerprint density at radius 3 is 2.55 bits per heavy atom. The molecule has 8 nitrogen and oxygen atoms in total. The Kier molecular flexibility index (Phi) is 4.59. The number of amidine groups is 1. The average Bonchev–Trinajstić information content (AvgIpc) is 3.34. The minimum Gasteiger partial charge on any atom is -0.453 e. The fraction of sp³-hybridized carbons (Fsp3) is 0.143. The third-order valence-electron chi connectivity index (χ3n) is 4.41. The molecule has 4 aromatic rings. The first-order valence-corrected chi connectivity index (χ1v) is 9.11. The van der Waals surface area contributed by atoms with Gasteiger partial charge in [-0.1, -0.05) is 0 Å². The molecule has 4 rings (SSSR count). The maximum absolute atomic E-state index is 10.8. The molecule has 0 fully saturated rings. The summed E-state index contributed by atoms with van der Waals surface area (Å²) in [5, 5.41) is 22.0. The number of furan rings is 1. The van der Waals surface area contributed by atoms with E-state index in [9.17, 15) is 10.1 Å². The monoisotopic (exact) mass is 389 g/mol. The number of benzene rings is 2. The highest BCUT2D eigenvalue weighted by Crippen LogP contribution is 2.29. The van der Waals surface area contributed by atoms with Crippen LogP contribution in [-0.4, -0.2) is 26.8 Å². The van der Waals surface area contributed by atoms with Crippen molar-refractivity contribution in [3.63, 3.8) is 0 Å². The van der Waals surface area contributed by atoms with E-state index in [0.29, 0.717) is 23.2 Å². The van der Waals surface area contributed by atoms with Crippen LogP contribution in [0.5, 0.6) is 0 Å². The normalized spacial score (nSPS) is 11.1. The molecule has 0 aliphatic heterocycles. The topological polar surface area (TPSA) is 121 Å². The number of fused-ring (bicyclic) bond motifs is 1. The third-order valence-corrected chi connectivity index (χ3v) is 4.41. The molecule has 0 unspecified atom stereocenters. The highest BCUT2D eigenvalue weighted by Gasteiger charge is 2.13. The van der Waals surface area contributed by atoms with Crippen molar-refractivity contribution in [1.29, 1.82) is 5.41 Å². The number of aromatic nitrogens is 2. The number of nitro benzene ring substituents is 1. The Morgan fingerprint density at radius 2 is 1.86 bits per heavy atom. The Hall–Kier alpha value is -3.94. The summed E-state index contributed by atoms with van der Waals surface area (Å²) in [6, 6.07) is 15.6. The summed E-state index contributed by atoms with van der Waals surface area (Å²) < 4.78 is 5.90. The van der Waals surface area contributed by atoms with Gasteiger partial charge in [0, 0.05) is 29.3 Å². The highest BCUT2D eigenvalue weighted by atomic mass is 16.6. The van der Waals surface area contributed by atoms with Gasteiger partial charge < -0.3 is 14.7 Å². The molecule has 2 heterocycles. The number of nitro groups is 1. The van der Waals surface area contributed by atoms with E-state index in [4.69, 9.17) is 9.83 Å². The molecule has 0 aliphatic rings. The summed E-state index contributed by atoms with van der Waals surface area (Å²) in [5.41, 5.74) is 3.13. The van der Waals surface area contributed by atoms with E-state index < -0.39 is 4.92 Å². The quantitative estimate of drug-likeness (QED) is 0.197. The minimum absolute atomic E-state index is 0.0335. The fourth-order valence-corrected chi connectivity index (χ4v) is 3.02. The van der Waals surface area contributed by atoms with Gasteiger partial charge in [0.1, 0.15) is 11.6 Å². The zero-order valence-corrected chi connectivity index (χ0v) is 15.9. The predicted molar refractivity (Wildman–Crippen MR) is 111 cm³/mol. The maximum atomic E-state index is 10.8. The lowest BCUT2D eigenvalue weighted by molar-refractivity contribution is -0.384. The number of nitrogens with one attached hydrogen (secondary N) is 3. The molecule has 29 heavy (non-hydrogen) atoms. The van der Waals surface area contributed by atoms with Crippen LogP contribution in [0.1, 0.15) is 19.4 Å². The van der Waals surface area contributed by atoms with E-state index in [1.165, 1.54) is 12.1 Å². The van der Waals surface area contributed by atoms with Crippen LogP contribution in [0.2, 0.25) is 0 Å². The van der Waals surface area contributed by atoms with Crippen LogP contribution >= 0.6 is 0 Å². The molecule has 2 aromatic carbocycles. The Morgan fingerprint density at radius 1 is 1.14 bits per heavy atom. The van der Waals surface area contributed by atoms with Crippen LogP contribution in [0, 0.1) is 15.5 Å². The van der Waals surface area contributed by atoms with Crippen LogP contribution in [0.4, 0.5) is 5.69 Å². The Balaban J connectivity index is 1.62. The van der Waals surface area contributed by atoms with Gasteiger partial charge in [-0.2, -0.15) is 0 Å². The number of imidazole rings is 1. The van der Waals surface area contributed by atoms with Crippen LogP contribution < -0.4 is 5.32 Å². The molecular formula is C21H19N5O3. The number of hydrogen-bond donors (Lipinski definition) is 3. The summed E-state index contributed by atoms with van der Waals surface area (Å²) in [6.07, 6.45) is 0. The lowest BCUT2D eigenvalue weighted by atomic mass is 10.1. The maximum Gasteiger partial charge on any atom is 0.269 e. The second-order valence-corrected chi connectivity index (χ2v) is 6.96. The Bertz CT molecular complexity index is 1200. The van der Waals surface area contributed by atoms with Crippen molar-refractivity contribution in [3.05, 3.63) is 70.3 Å². The molecule has 3 N–H and O–H groups in total. The van der Waals surface area contributed by atoms with Crippen LogP contribution in [0.25, 0.3) is 33.9 Å². The molecule has 0 amide bonds. The molecule has 0 radical (unpaired) electrons. The molecule has 8 heteroatoms. The number of H-pyrrole nitrogens is 1. The number of nitrogens with zero attached hydrogens (tertiary/aromatic N) is 2. The molecule has 0 saturated carbocycles. The molecule has 146 valence electrons. The van der Waals surface area contributed by atoms with Crippen molar-refractivity contribution in [2.45, 2.75) is 19.9 Å². The minimum atomic E-state index is -0.434. The summed E-state index contributed by atoms with van der Waals surface area (Å²) >= 11 is 0. The first kappa shape index (κ1) is 18.4. The van der Waals surface area contributed by atoms with Crippen LogP contribution in [0.3, 0.4) is 0 Å². The zero-order valence-electron chi connectivity index (χ0n) is 15.9. The molecule has 0 bridgehead atoms. The summed E-state index contributed by atoms with van der Waals surface area (Å²) in [6.45, 7) is 3.97. The van der Waals surface area contributed by atoms with Gasteiger partial charge >= 0.3 is 0 Å². The van der Waals surface area contributed by atoms with Crippen LogP contribution in [0.15, 0.2) is 59.0 Å². The molecule has 0 saturated heterocycles. The summed E-state index contributed by atoms with van der Waals surface area (Å²) in [7, 11) is 0. The average molecular weight is 389 g/mol. The molecule has 2 aromatic heterocycles. The van der Waals surface area contributed by atoms with E-state index in [1.807, 2.05) is 32.0 Å². The summed E-state index contributed by atoms with van der Waals surface area (Å²) in [4.78, 5) is 18.1. The number of aromatic amines is 1. The lowest BCUT2D eigenvalue weighted by Gasteiger charge is -2.10. The van der Waals surface area contributed by atoms with Crippen molar-refractivity contribution in [3.8, 4) is 22.9 Å². The lowest BCUT2D eigenvalue weighted by Crippen LogP contribution is -2.30.